The molecule has 0 saturated carbocycles. The fourth-order valence-electron chi connectivity index (χ4n) is 1.46. The van der Waals surface area contributed by atoms with Crippen LogP contribution in [0, 0.1) is 0 Å². The monoisotopic (exact) mass is 340 g/mol. The topological polar surface area (TPSA) is 38.9 Å². The van der Waals surface area contributed by atoms with Gasteiger partial charge >= 0.3 is 0 Å². The van der Waals surface area contributed by atoms with Crippen LogP contribution >= 0.6 is 58.0 Å². The number of benzene rings is 1. The van der Waals surface area contributed by atoms with Crippen LogP contribution in [0.1, 0.15) is 0 Å². The number of pyridine rings is 1. The van der Waals surface area contributed by atoms with Crippen molar-refractivity contribution in [3.63, 3.8) is 0 Å². The van der Waals surface area contributed by atoms with Gasteiger partial charge in [-0.3, -0.25) is 4.98 Å². The summed E-state index contributed by atoms with van der Waals surface area (Å²) in [7, 11) is 0. The van der Waals surface area contributed by atoms with Crippen LogP contribution in [0.5, 0.6) is 0 Å². The molecule has 7 heteroatoms. The average molecular weight is 342 g/mol. The molecule has 0 radical (unpaired) electrons. The highest BCUT2D eigenvalue weighted by molar-refractivity contribution is 6.56. The van der Waals surface area contributed by atoms with Crippen LogP contribution in [-0.2, 0) is 0 Å². The first-order chi connectivity index (χ1) is 8.45. The summed E-state index contributed by atoms with van der Waals surface area (Å²) >= 11 is 30.2. The first-order valence-corrected chi connectivity index (χ1v) is 6.55. The van der Waals surface area contributed by atoms with E-state index in [0.29, 0.717) is 16.8 Å². The highest BCUT2D eigenvalue weighted by Gasteiger charge is 2.21. The molecule has 2 N–H and O–H groups in total. The van der Waals surface area contributed by atoms with Crippen molar-refractivity contribution in [3.8, 4) is 11.1 Å². The van der Waals surface area contributed by atoms with Gasteiger partial charge in [-0.1, -0.05) is 58.0 Å². The van der Waals surface area contributed by atoms with E-state index < -0.39 is 0 Å². The minimum Gasteiger partial charge on any atom is -0.398 e. The molecule has 2 nitrogen and oxygen atoms in total. The van der Waals surface area contributed by atoms with Crippen molar-refractivity contribution >= 4 is 63.7 Å². The van der Waals surface area contributed by atoms with E-state index in [1.54, 1.807) is 12.3 Å². The lowest BCUT2D eigenvalue weighted by Gasteiger charge is -2.13. The van der Waals surface area contributed by atoms with Crippen molar-refractivity contribution in [2.75, 3.05) is 5.73 Å². The zero-order valence-corrected chi connectivity index (χ0v) is 12.4. The van der Waals surface area contributed by atoms with Crippen LogP contribution in [-0.4, -0.2) is 4.98 Å². The Morgan fingerprint density at radius 2 is 1.33 bits per heavy atom. The number of rotatable bonds is 1. The molecule has 2 aromatic rings. The van der Waals surface area contributed by atoms with Crippen molar-refractivity contribution in [2.45, 2.75) is 0 Å². The highest BCUT2D eigenvalue weighted by Crippen LogP contribution is 2.48. The molecule has 94 valence electrons. The van der Waals surface area contributed by atoms with Gasteiger partial charge < -0.3 is 5.73 Å². The normalized spacial score (nSPS) is 10.7. The van der Waals surface area contributed by atoms with Gasteiger partial charge in [-0.25, -0.2) is 0 Å². The molecule has 0 unspecified atom stereocenters. The van der Waals surface area contributed by atoms with Crippen molar-refractivity contribution in [1.82, 2.24) is 4.98 Å². The predicted octanol–water partition coefficient (Wildman–Crippen LogP) is 5.60. The molecule has 1 aromatic heterocycles. The lowest BCUT2D eigenvalue weighted by atomic mass is 10.1. The molecule has 0 saturated heterocycles. The molecule has 0 bridgehead atoms. The zero-order valence-electron chi connectivity index (χ0n) is 8.65. The van der Waals surface area contributed by atoms with Gasteiger partial charge in [0.2, 0.25) is 0 Å². The molecule has 2 rings (SSSR count). The molecule has 0 aliphatic carbocycles. The predicted molar refractivity (Wildman–Crippen MR) is 79.1 cm³/mol. The molecular weight excluding hydrogens is 337 g/mol. The number of nitrogen functional groups attached to an aromatic ring is 1. The lowest BCUT2D eigenvalue weighted by Crippen LogP contribution is -1.93. The van der Waals surface area contributed by atoms with E-state index >= 15 is 0 Å². The summed E-state index contributed by atoms with van der Waals surface area (Å²) in [5, 5.41) is 0.753. The highest BCUT2D eigenvalue weighted by atomic mass is 35.5. The van der Waals surface area contributed by atoms with Gasteiger partial charge in [-0.05, 0) is 6.07 Å². The molecule has 0 aliphatic rings. The van der Waals surface area contributed by atoms with Crippen LogP contribution < -0.4 is 5.73 Å². The summed E-state index contributed by atoms with van der Waals surface area (Å²) in [5.74, 6) is 0. The summed E-state index contributed by atoms with van der Waals surface area (Å²) < 4.78 is 0. The molecule has 1 heterocycles. The third-order valence-electron chi connectivity index (χ3n) is 2.33. The quantitative estimate of drug-likeness (QED) is 0.541. The lowest BCUT2D eigenvalue weighted by molar-refractivity contribution is 1.33. The Morgan fingerprint density at radius 1 is 0.833 bits per heavy atom. The maximum atomic E-state index is 6.14. The maximum absolute atomic E-state index is 6.14. The fraction of sp³-hybridized carbons (Fsp3) is 0. The molecule has 0 amide bonds. The second-order valence-electron chi connectivity index (χ2n) is 3.41. The van der Waals surface area contributed by atoms with Crippen LogP contribution in [0.3, 0.4) is 0 Å². The second-order valence-corrected chi connectivity index (χ2v) is 5.30. The third-order valence-corrected chi connectivity index (χ3v) is 4.61. The van der Waals surface area contributed by atoms with Gasteiger partial charge in [0.15, 0.2) is 0 Å². The Kier molecular flexibility index (Phi) is 4.15. The number of hydrogen-bond donors (Lipinski definition) is 1. The van der Waals surface area contributed by atoms with Gasteiger partial charge in [-0.15, -0.1) is 0 Å². The van der Waals surface area contributed by atoms with Crippen molar-refractivity contribution in [2.24, 2.45) is 0 Å². The number of hydrogen-bond acceptors (Lipinski definition) is 2. The summed E-state index contributed by atoms with van der Waals surface area (Å²) in [6, 6.07) is 1.62. The number of nitrogens with zero attached hydrogens (tertiary/aromatic N) is 1. The Bertz CT molecular complexity index is 598. The average Bonchev–Trinajstić information content (AvgIpc) is 2.36. The van der Waals surface area contributed by atoms with Crippen LogP contribution in [0.25, 0.3) is 11.1 Å². The Balaban J connectivity index is 2.85. The van der Waals surface area contributed by atoms with Crippen LogP contribution in [0.15, 0.2) is 18.5 Å². The molecule has 18 heavy (non-hydrogen) atoms. The molecule has 0 aliphatic heterocycles. The van der Waals surface area contributed by atoms with Crippen molar-refractivity contribution in [1.29, 1.82) is 0 Å². The zero-order chi connectivity index (χ0) is 13.4. The smallest absolute Gasteiger partial charge is 0.0809 e. The molecule has 0 fully saturated rings. The molecular formula is C11H5Cl5N2. The minimum atomic E-state index is 0.111. The van der Waals surface area contributed by atoms with E-state index in [9.17, 15) is 0 Å². The minimum absolute atomic E-state index is 0.111. The second kappa shape index (κ2) is 5.32. The number of anilines is 1. The first kappa shape index (κ1) is 14.0. The number of aromatic nitrogens is 1. The third kappa shape index (κ3) is 2.24. The van der Waals surface area contributed by atoms with Gasteiger partial charge in [0.25, 0.3) is 0 Å². The van der Waals surface area contributed by atoms with E-state index in [1.807, 2.05) is 0 Å². The summed E-state index contributed by atoms with van der Waals surface area (Å²) in [5.41, 5.74) is 7.28. The molecule has 0 spiro atoms. The maximum Gasteiger partial charge on any atom is 0.0809 e. The van der Waals surface area contributed by atoms with E-state index in [2.05, 4.69) is 4.98 Å². The number of halogens is 5. The SMILES string of the molecule is Nc1ccncc1-c1c(Cl)c(Cl)c(Cl)c(Cl)c1Cl. The Labute approximate surface area is 129 Å². The first-order valence-electron chi connectivity index (χ1n) is 4.66. The summed E-state index contributed by atoms with van der Waals surface area (Å²) in [4.78, 5) is 3.97. The van der Waals surface area contributed by atoms with Crippen molar-refractivity contribution in [3.05, 3.63) is 43.6 Å². The van der Waals surface area contributed by atoms with Gasteiger partial charge in [0.1, 0.15) is 0 Å². The van der Waals surface area contributed by atoms with Crippen LogP contribution in [0.4, 0.5) is 5.69 Å². The summed E-state index contributed by atoms with van der Waals surface area (Å²) in [6.45, 7) is 0. The van der Waals surface area contributed by atoms with E-state index in [4.69, 9.17) is 63.7 Å². The molecule has 0 atom stereocenters. The Morgan fingerprint density at radius 3 is 1.83 bits per heavy atom. The summed E-state index contributed by atoms with van der Waals surface area (Å²) in [6.07, 6.45) is 3.09. The Hall–Kier alpha value is -0.380. The van der Waals surface area contributed by atoms with E-state index in [-0.39, 0.29) is 25.1 Å². The standard InChI is InChI=1S/C11H5Cl5N2/c12-7-6(4-3-18-2-1-5(4)17)8(13)10(15)11(16)9(7)14/h1-3H,(H2,17,18). The van der Waals surface area contributed by atoms with E-state index in [1.165, 1.54) is 6.20 Å². The number of nitrogens with two attached hydrogens (primary N) is 1. The molecule has 1 aromatic carbocycles. The van der Waals surface area contributed by atoms with Gasteiger partial charge in [-0.2, -0.15) is 0 Å². The fourth-order valence-corrected chi connectivity index (χ4v) is 2.80. The largest absolute Gasteiger partial charge is 0.398 e. The van der Waals surface area contributed by atoms with Gasteiger partial charge in [0, 0.05) is 29.2 Å². The van der Waals surface area contributed by atoms with Gasteiger partial charge in [0.05, 0.1) is 25.1 Å². The van der Waals surface area contributed by atoms with E-state index in [0.717, 1.165) is 0 Å². The van der Waals surface area contributed by atoms with Crippen LogP contribution in [0.2, 0.25) is 25.1 Å². The van der Waals surface area contributed by atoms with Crippen molar-refractivity contribution < 1.29 is 0 Å².